The van der Waals surface area contributed by atoms with Gasteiger partial charge in [-0.15, -0.1) is 0 Å². The zero-order valence-corrected chi connectivity index (χ0v) is 15.3. The summed E-state index contributed by atoms with van der Waals surface area (Å²) in [4.78, 5) is 11.9. The molecule has 0 bridgehead atoms. The second-order valence-electron chi connectivity index (χ2n) is 7.01. The maximum Gasteiger partial charge on any atom is 0.552 e. The fourth-order valence-electron chi connectivity index (χ4n) is 3.42. The van der Waals surface area contributed by atoms with E-state index in [4.69, 9.17) is 15.1 Å². The quantitative estimate of drug-likeness (QED) is 0.692. The van der Waals surface area contributed by atoms with Crippen LogP contribution in [0.5, 0.6) is 5.75 Å². The van der Waals surface area contributed by atoms with Gasteiger partial charge in [0, 0.05) is 30.1 Å². The number of nitrogens with one attached hydrogen (secondary N) is 1. The Hall–Kier alpha value is -2.85. The van der Waals surface area contributed by atoms with Crippen molar-refractivity contribution in [1.82, 2.24) is 9.78 Å². The molecule has 28 heavy (non-hydrogen) atoms. The number of amides is 1. The van der Waals surface area contributed by atoms with Crippen LogP contribution in [0.2, 0.25) is 0 Å². The molecule has 146 valence electrons. The predicted molar refractivity (Wildman–Crippen MR) is 102 cm³/mol. The van der Waals surface area contributed by atoms with E-state index in [-0.39, 0.29) is 23.2 Å². The zero-order chi connectivity index (χ0) is 19.8. The Morgan fingerprint density at radius 3 is 3.07 bits per heavy atom. The molecule has 2 aliphatic rings. The molecule has 0 unspecified atom stereocenters. The monoisotopic (exact) mass is 386 g/mol. The van der Waals surface area contributed by atoms with E-state index in [1.165, 1.54) is 12.0 Å². The Balaban J connectivity index is 1.66. The molecule has 4 rings (SSSR count). The van der Waals surface area contributed by atoms with E-state index in [1.54, 1.807) is 23.0 Å². The number of anilines is 2. The van der Waals surface area contributed by atoms with Crippen LogP contribution in [0.15, 0.2) is 24.3 Å². The highest BCUT2D eigenvalue weighted by Crippen LogP contribution is 2.33. The van der Waals surface area contributed by atoms with Crippen LogP contribution in [-0.4, -0.2) is 41.0 Å². The molecule has 2 aliphatic heterocycles. The van der Waals surface area contributed by atoms with Gasteiger partial charge in [0.1, 0.15) is 11.3 Å². The van der Waals surface area contributed by atoms with Crippen LogP contribution in [0.4, 0.5) is 15.9 Å². The van der Waals surface area contributed by atoms with Crippen LogP contribution in [0.1, 0.15) is 35.3 Å². The molecule has 1 aromatic carbocycles. The smallest absolute Gasteiger partial charge is 0.530 e. The first kappa shape index (κ1) is 18.5. The lowest BCUT2D eigenvalue weighted by molar-refractivity contribution is 0.0238. The first-order valence-electron chi connectivity index (χ1n) is 9.02. The van der Waals surface area contributed by atoms with Crippen LogP contribution in [0, 0.1) is 11.7 Å². The van der Waals surface area contributed by atoms with E-state index in [0.29, 0.717) is 30.4 Å². The van der Waals surface area contributed by atoms with Crippen molar-refractivity contribution in [2.24, 2.45) is 11.7 Å². The number of aromatic nitrogens is 2. The molecule has 3 heterocycles. The maximum absolute atomic E-state index is 14.4. The number of halogens is 1. The fraction of sp³-hybridized carbons (Fsp3) is 0.333. The van der Waals surface area contributed by atoms with Gasteiger partial charge in [-0.3, -0.25) is 9.48 Å². The summed E-state index contributed by atoms with van der Waals surface area (Å²) in [5, 5.41) is 16.9. The van der Waals surface area contributed by atoms with Crippen molar-refractivity contribution < 1.29 is 23.6 Å². The van der Waals surface area contributed by atoms with Crippen molar-refractivity contribution in [3.05, 3.63) is 41.2 Å². The Bertz CT molecular complexity index is 948. The van der Waals surface area contributed by atoms with Crippen molar-refractivity contribution in [1.29, 1.82) is 0 Å². The summed E-state index contributed by atoms with van der Waals surface area (Å²) >= 11 is 0. The molecular weight excluding hydrogens is 366 g/mol. The summed E-state index contributed by atoms with van der Waals surface area (Å²) in [5.41, 5.74) is 6.55. The lowest BCUT2D eigenvalue weighted by Crippen LogP contribution is -2.28. The summed E-state index contributed by atoms with van der Waals surface area (Å²) in [6.07, 6.45) is 4.05. The number of primary amides is 1. The number of carbonyl (C=O) groups is 1. The summed E-state index contributed by atoms with van der Waals surface area (Å²) in [7, 11) is -1.18. The van der Waals surface area contributed by atoms with E-state index in [1.807, 2.05) is 0 Å². The van der Waals surface area contributed by atoms with E-state index >= 15 is 0 Å². The Kier molecular flexibility index (Phi) is 4.82. The summed E-state index contributed by atoms with van der Waals surface area (Å²) in [6.45, 7) is 3.30. The molecule has 4 N–H and O–H groups in total. The number of nitrogens with zero attached hydrogens (tertiary/aromatic N) is 2. The van der Waals surface area contributed by atoms with Crippen LogP contribution >= 0.6 is 0 Å². The summed E-state index contributed by atoms with van der Waals surface area (Å²) in [6, 6.07) is 2.83. The number of rotatable bonds is 4. The number of hydrogen-bond acceptors (Lipinski definition) is 6. The standard InChI is InChI=1S/C18H20BFN4O4/c1-10-3-5-27-9-15(10)24-8-13(17(21)25)18(23-24)22-12-6-11-2-4-19(26)28-16(11)14(20)7-12/h2,4,6-8,10,15,26H,3,5,9H2,1H3,(H2,21,25)(H,22,23)/t10-,15-/m0/s1. The van der Waals surface area contributed by atoms with E-state index in [9.17, 15) is 14.2 Å². The van der Waals surface area contributed by atoms with Gasteiger partial charge in [0.25, 0.3) is 5.91 Å². The second kappa shape index (κ2) is 7.29. The van der Waals surface area contributed by atoms with E-state index < -0.39 is 18.8 Å². The minimum absolute atomic E-state index is 0.0134. The van der Waals surface area contributed by atoms with Crippen LogP contribution in [0.3, 0.4) is 0 Å². The normalized spacial score (nSPS) is 21.2. The first-order valence-corrected chi connectivity index (χ1v) is 9.02. The van der Waals surface area contributed by atoms with E-state index in [2.05, 4.69) is 17.3 Å². The SMILES string of the molecule is C[C@H]1CCOC[C@@H]1n1cc(C(N)=O)c(Nc2cc(F)c3c(c2)C=CB(O)O3)n1. The highest BCUT2D eigenvalue weighted by atomic mass is 19.1. The molecule has 10 heteroatoms. The number of hydrogen-bond donors (Lipinski definition) is 3. The maximum atomic E-state index is 14.4. The van der Waals surface area contributed by atoms with Gasteiger partial charge in [0.05, 0.1) is 12.6 Å². The summed E-state index contributed by atoms with van der Waals surface area (Å²) in [5.74, 6) is 0.664. The topological polar surface area (TPSA) is 112 Å². The van der Waals surface area contributed by atoms with Crippen molar-refractivity contribution >= 4 is 30.6 Å². The number of carbonyl (C=O) groups excluding carboxylic acids is 1. The third-order valence-electron chi connectivity index (χ3n) is 5.01. The second-order valence-corrected chi connectivity index (χ2v) is 7.01. The molecule has 8 nitrogen and oxygen atoms in total. The van der Waals surface area contributed by atoms with Gasteiger partial charge in [0.2, 0.25) is 0 Å². The minimum Gasteiger partial charge on any atom is -0.530 e. The molecule has 1 fully saturated rings. The Morgan fingerprint density at radius 1 is 1.50 bits per heavy atom. The van der Waals surface area contributed by atoms with Gasteiger partial charge in [0.15, 0.2) is 11.6 Å². The molecule has 0 spiro atoms. The van der Waals surface area contributed by atoms with Gasteiger partial charge in [-0.2, -0.15) is 5.10 Å². The molecule has 1 aromatic heterocycles. The third kappa shape index (κ3) is 3.48. The molecule has 2 aromatic rings. The predicted octanol–water partition coefficient (Wildman–Crippen LogP) is 1.89. The molecule has 2 atom stereocenters. The van der Waals surface area contributed by atoms with Gasteiger partial charge < -0.3 is 25.5 Å². The average molecular weight is 386 g/mol. The highest BCUT2D eigenvalue weighted by Gasteiger charge is 2.27. The number of nitrogens with two attached hydrogens (primary N) is 1. The average Bonchev–Trinajstić information content (AvgIpc) is 3.06. The molecule has 0 saturated carbocycles. The minimum atomic E-state index is -1.18. The summed E-state index contributed by atoms with van der Waals surface area (Å²) < 4.78 is 26.7. The number of ether oxygens (including phenoxy) is 1. The zero-order valence-electron chi connectivity index (χ0n) is 15.3. The third-order valence-corrected chi connectivity index (χ3v) is 5.01. The lowest BCUT2D eigenvalue weighted by Gasteiger charge is -2.28. The van der Waals surface area contributed by atoms with Crippen molar-refractivity contribution in [3.63, 3.8) is 0 Å². The van der Waals surface area contributed by atoms with Crippen molar-refractivity contribution in [3.8, 4) is 5.75 Å². The number of fused-ring (bicyclic) bond motifs is 1. The van der Waals surface area contributed by atoms with Crippen LogP contribution in [0.25, 0.3) is 6.08 Å². The number of benzene rings is 1. The van der Waals surface area contributed by atoms with E-state index in [0.717, 1.165) is 6.42 Å². The molecule has 1 saturated heterocycles. The van der Waals surface area contributed by atoms with Crippen molar-refractivity contribution in [2.45, 2.75) is 19.4 Å². The van der Waals surface area contributed by atoms with Gasteiger partial charge in [-0.1, -0.05) is 13.0 Å². The largest absolute Gasteiger partial charge is 0.552 e. The first-order chi connectivity index (χ1) is 13.4. The fourth-order valence-corrected chi connectivity index (χ4v) is 3.42. The van der Waals surface area contributed by atoms with Gasteiger partial charge in [-0.25, -0.2) is 4.39 Å². The lowest BCUT2D eigenvalue weighted by atomic mass is 9.86. The molecule has 1 amide bonds. The Labute approximate surface area is 161 Å². The van der Waals surface area contributed by atoms with Gasteiger partial charge >= 0.3 is 7.12 Å². The van der Waals surface area contributed by atoms with Crippen molar-refractivity contribution in [2.75, 3.05) is 18.5 Å². The van der Waals surface area contributed by atoms with Crippen LogP contribution in [-0.2, 0) is 4.74 Å². The molecule has 0 aliphatic carbocycles. The Morgan fingerprint density at radius 2 is 2.32 bits per heavy atom. The molecule has 0 radical (unpaired) electrons. The van der Waals surface area contributed by atoms with Crippen LogP contribution < -0.4 is 15.7 Å². The molecular formula is C18H20BFN4O4. The van der Waals surface area contributed by atoms with Gasteiger partial charge in [-0.05, 0) is 24.4 Å². The highest BCUT2D eigenvalue weighted by molar-refractivity contribution is 6.51.